The van der Waals surface area contributed by atoms with Crippen molar-refractivity contribution in [1.82, 2.24) is 10.3 Å². The highest BCUT2D eigenvalue weighted by atomic mass is 35.5. The van der Waals surface area contributed by atoms with Crippen LogP contribution in [0.15, 0.2) is 54.7 Å². The van der Waals surface area contributed by atoms with E-state index in [4.69, 9.17) is 25.8 Å². The highest BCUT2D eigenvalue weighted by Crippen LogP contribution is 2.39. The van der Waals surface area contributed by atoms with E-state index < -0.39 is 5.91 Å². The minimum absolute atomic E-state index is 0.185. The van der Waals surface area contributed by atoms with Crippen molar-refractivity contribution in [3.8, 4) is 23.1 Å². The van der Waals surface area contributed by atoms with Gasteiger partial charge < -0.3 is 19.5 Å². The SMILES string of the molecule is CCOc1ccc(CCNC(=O)CN2C(=O)c3cccnc3Oc3ccc(Cl)cc32)cc1OCC. The zero-order chi connectivity index (χ0) is 24.8. The lowest BCUT2D eigenvalue weighted by Gasteiger charge is -2.21. The number of carbonyl (C=O) groups excluding carboxylic acids is 2. The third kappa shape index (κ3) is 5.66. The number of hydrogen-bond donors (Lipinski definition) is 1. The number of ether oxygens (including phenoxy) is 3. The minimum atomic E-state index is -0.392. The predicted octanol–water partition coefficient (Wildman–Crippen LogP) is 4.64. The standard InChI is InChI=1S/C26H26ClN3O5/c1-3-33-22-9-7-17(14-23(22)34-4-2)11-13-28-24(31)16-30-20-15-18(27)8-10-21(20)35-25-19(26(30)32)6-5-12-29-25/h5-10,12,14-15H,3-4,11,13,16H2,1-2H3,(H,28,31). The molecule has 2 amide bonds. The van der Waals surface area contributed by atoms with Gasteiger partial charge in [-0.15, -0.1) is 0 Å². The highest BCUT2D eigenvalue weighted by molar-refractivity contribution is 6.31. The molecule has 0 unspecified atom stereocenters. The van der Waals surface area contributed by atoms with Crippen LogP contribution < -0.4 is 24.4 Å². The van der Waals surface area contributed by atoms with Gasteiger partial charge in [-0.1, -0.05) is 17.7 Å². The molecule has 0 radical (unpaired) electrons. The van der Waals surface area contributed by atoms with Crippen molar-refractivity contribution in [2.75, 3.05) is 31.2 Å². The molecule has 182 valence electrons. The number of aromatic nitrogens is 1. The Morgan fingerprint density at radius 2 is 1.89 bits per heavy atom. The Balaban J connectivity index is 1.45. The Hall–Kier alpha value is -3.78. The molecular weight excluding hydrogens is 470 g/mol. The molecule has 0 atom stereocenters. The summed E-state index contributed by atoms with van der Waals surface area (Å²) in [7, 11) is 0. The Kier molecular flexibility index (Phi) is 7.72. The van der Waals surface area contributed by atoms with Crippen molar-refractivity contribution in [3.05, 3.63) is 70.9 Å². The maximum absolute atomic E-state index is 13.3. The molecule has 0 bridgehead atoms. The van der Waals surface area contributed by atoms with Gasteiger partial charge in [0.1, 0.15) is 12.1 Å². The van der Waals surface area contributed by atoms with Crippen LogP contribution in [0.25, 0.3) is 0 Å². The van der Waals surface area contributed by atoms with Crippen LogP contribution in [0.2, 0.25) is 5.02 Å². The zero-order valence-electron chi connectivity index (χ0n) is 19.5. The molecule has 4 rings (SSSR count). The van der Waals surface area contributed by atoms with E-state index in [-0.39, 0.29) is 23.9 Å². The summed E-state index contributed by atoms with van der Waals surface area (Å²) in [6.07, 6.45) is 2.13. The van der Waals surface area contributed by atoms with Crippen molar-refractivity contribution in [1.29, 1.82) is 0 Å². The fourth-order valence-corrected chi connectivity index (χ4v) is 3.90. The van der Waals surface area contributed by atoms with Gasteiger partial charge in [0.15, 0.2) is 17.2 Å². The summed E-state index contributed by atoms with van der Waals surface area (Å²) in [5.74, 6) is 1.24. The molecule has 0 fully saturated rings. The van der Waals surface area contributed by atoms with Gasteiger partial charge in [0.05, 0.1) is 18.9 Å². The average molecular weight is 496 g/mol. The summed E-state index contributed by atoms with van der Waals surface area (Å²) in [4.78, 5) is 31.6. The fraction of sp³-hybridized carbons (Fsp3) is 0.269. The molecule has 8 nitrogen and oxygen atoms in total. The van der Waals surface area contributed by atoms with Gasteiger partial charge in [0.2, 0.25) is 11.8 Å². The highest BCUT2D eigenvalue weighted by Gasteiger charge is 2.30. The van der Waals surface area contributed by atoms with Crippen LogP contribution in [0.4, 0.5) is 5.69 Å². The Bertz CT molecular complexity index is 1230. The second-order valence-corrected chi connectivity index (χ2v) is 8.15. The third-order valence-electron chi connectivity index (χ3n) is 5.31. The van der Waals surface area contributed by atoms with Gasteiger partial charge in [0.25, 0.3) is 5.91 Å². The predicted molar refractivity (Wildman–Crippen MR) is 133 cm³/mol. The number of pyridine rings is 1. The number of anilines is 1. The zero-order valence-corrected chi connectivity index (χ0v) is 20.3. The van der Waals surface area contributed by atoms with Crippen molar-refractivity contribution in [3.63, 3.8) is 0 Å². The average Bonchev–Trinajstić information content (AvgIpc) is 2.96. The van der Waals surface area contributed by atoms with E-state index in [1.807, 2.05) is 32.0 Å². The molecule has 2 aromatic carbocycles. The van der Waals surface area contributed by atoms with Gasteiger partial charge in [-0.2, -0.15) is 0 Å². The quantitative estimate of drug-likeness (QED) is 0.465. The van der Waals surface area contributed by atoms with Crippen molar-refractivity contribution in [2.45, 2.75) is 20.3 Å². The molecule has 0 aliphatic carbocycles. The summed E-state index contributed by atoms with van der Waals surface area (Å²) in [5.41, 5.74) is 1.67. The Morgan fingerprint density at radius 1 is 1.09 bits per heavy atom. The molecule has 0 saturated carbocycles. The molecule has 1 aliphatic rings. The Morgan fingerprint density at radius 3 is 2.69 bits per heavy atom. The summed E-state index contributed by atoms with van der Waals surface area (Å²) >= 11 is 6.18. The number of benzene rings is 2. The van der Waals surface area contributed by atoms with E-state index in [1.165, 1.54) is 4.90 Å². The molecule has 3 aromatic rings. The van der Waals surface area contributed by atoms with Crippen molar-refractivity contribution < 1.29 is 23.8 Å². The first kappa shape index (κ1) is 24.3. The van der Waals surface area contributed by atoms with Crippen molar-refractivity contribution >= 4 is 29.1 Å². The van der Waals surface area contributed by atoms with Crippen molar-refractivity contribution in [2.24, 2.45) is 0 Å². The monoisotopic (exact) mass is 495 g/mol. The maximum Gasteiger partial charge on any atom is 0.264 e. The van der Waals surface area contributed by atoms with Crippen LogP contribution in [0.5, 0.6) is 23.1 Å². The van der Waals surface area contributed by atoms with Crippen LogP contribution in [-0.4, -0.2) is 43.1 Å². The number of nitrogens with one attached hydrogen (secondary N) is 1. The summed E-state index contributed by atoms with van der Waals surface area (Å²) in [6.45, 7) is 5.09. The van der Waals surface area contributed by atoms with Gasteiger partial charge in [0, 0.05) is 17.8 Å². The Labute approximate surface area is 208 Å². The number of amides is 2. The smallest absolute Gasteiger partial charge is 0.264 e. The van der Waals surface area contributed by atoms with Gasteiger partial charge >= 0.3 is 0 Å². The lowest BCUT2D eigenvalue weighted by atomic mass is 10.1. The first-order chi connectivity index (χ1) is 17.0. The molecule has 0 saturated heterocycles. The molecule has 9 heteroatoms. The summed E-state index contributed by atoms with van der Waals surface area (Å²) in [5, 5.41) is 3.31. The largest absolute Gasteiger partial charge is 0.490 e. The lowest BCUT2D eigenvalue weighted by molar-refractivity contribution is -0.119. The van der Waals surface area contributed by atoms with E-state index in [0.29, 0.717) is 54.1 Å². The van der Waals surface area contributed by atoms with E-state index in [9.17, 15) is 9.59 Å². The fourth-order valence-electron chi connectivity index (χ4n) is 3.74. The maximum atomic E-state index is 13.3. The van der Waals surface area contributed by atoms with Gasteiger partial charge in [-0.3, -0.25) is 14.5 Å². The van der Waals surface area contributed by atoms with Gasteiger partial charge in [-0.05, 0) is 68.3 Å². The topological polar surface area (TPSA) is 90.0 Å². The first-order valence-electron chi connectivity index (χ1n) is 11.4. The van der Waals surface area contributed by atoms with E-state index in [1.54, 1.807) is 36.5 Å². The van der Waals surface area contributed by atoms with Crippen LogP contribution in [0.3, 0.4) is 0 Å². The van der Waals surface area contributed by atoms with E-state index >= 15 is 0 Å². The molecule has 1 aromatic heterocycles. The third-order valence-corrected chi connectivity index (χ3v) is 5.55. The van der Waals surface area contributed by atoms with Crippen LogP contribution in [0, 0.1) is 0 Å². The molecule has 1 aliphatic heterocycles. The second kappa shape index (κ2) is 11.1. The molecule has 2 heterocycles. The molecular formula is C26H26ClN3O5. The second-order valence-electron chi connectivity index (χ2n) is 7.71. The summed E-state index contributed by atoms with van der Waals surface area (Å²) < 4.78 is 17.1. The van der Waals surface area contributed by atoms with Crippen LogP contribution in [0.1, 0.15) is 29.8 Å². The van der Waals surface area contributed by atoms with Crippen LogP contribution in [-0.2, 0) is 11.2 Å². The first-order valence-corrected chi connectivity index (χ1v) is 11.8. The molecule has 1 N–H and O–H groups in total. The number of rotatable bonds is 9. The molecule has 35 heavy (non-hydrogen) atoms. The number of carbonyl (C=O) groups is 2. The van der Waals surface area contributed by atoms with Crippen LogP contribution >= 0.6 is 11.6 Å². The van der Waals surface area contributed by atoms with E-state index in [0.717, 1.165) is 5.56 Å². The normalized spacial score (nSPS) is 12.2. The number of nitrogens with zero attached hydrogens (tertiary/aromatic N) is 2. The van der Waals surface area contributed by atoms with Gasteiger partial charge in [-0.25, -0.2) is 4.98 Å². The number of halogens is 1. The van der Waals surface area contributed by atoms with E-state index in [2.05, 4.69) is 10.3 Å². The lowest BCUT2D eigenvalue weighted by Crippen LogP contribution is -2.41. The minimum Gasteiger partial charge on any atom is -0.490 e. The number of hydrogen-bond acceptors (Lipinski definition) is 6. The molecule has 0 spiro atoms. The number of fused-ring (bicyclic) bond motifs is 2. The summed E-state index contributed by atoms with van der Waals surface area (Å²) in [6, 6.07) is 13.9.